The molecule has 1 saturated carbocycles. The first kappa shape index (κ1) is 18.9. The first-order chi connectivity index (χ1) is 12.3. The molecule has 1 aromatic carbocycles. The van der Waals surface area contributed by atoms with Gasteiger partial charge in [-0.1, -0.05) is 18.7 Å². The van der Waals surface area contributed by atoms with Gasteiger partial charge in [0, 0.05) is 12.5 Å². The number of carbonyl (C=O) groups is 1. The van der Waals surface area contributed by atoms with Gasteiger partial charge in [0.25, 0.3) is 5.91 Å². The van der Waals surface area contributed by atoms with Crippen LogP contribution < -0.4 is 14.8 Å². The van der Waals surface area contributed by atoms with E-state index in [1.165, 1.54) is 0 Å². The van der Waals surface area contributed by atoms with Gasteiger partial charge in [-0.15, -0.1) is 0 Å². The van der Waals surface area contributed by atoms with E-state index in [0.717, 1.165) is 18.2 Å². The van der Waals surface area contributed by atoms with Crippen molar-refractivity contribution in [1.29, 1.82) is 0 Å². The fourth-order valence-electron chi connectivity index (χ4n) is 3.50. The number of carbonyl (C=O) groups excluding carboxylic acids is 1. The van der Waals surface area contributed by atoms with Gasteiger partial charge in [-0.3, -0.25) is 4.79 Å². The molecule has 0 bridgehead atoms. The van der Waals surface area contributed by atoms with Crippen LogP contribution in [0.15, 0.2) is 36.4 Å². The maximum atomic E-state index is 12.8. The van der Waals surface area contributed by atoms with E-state index in [2.05, 4.69) is 16.6 Å². The molecule has 7 nitrogen and oxygen atoms in total. The van der Waals surface area contributed by atoms with Crippen molar-refractivity contribution < 1.29 is 22.7 Å². The summed E-state index contributed by atoms with van der Waals surface area (Å²) < 4.78 is 37.1. The zero-order valence-corrected chi connectivity index (χ0v) is 15.7. The molecule has 0 spiro atoms. The maximum absolute atomic E-state index is 12.8. The number of hydrogen-bond acceptors (Lipinski definition) is 5. The Morgan fingerprint density at radius 1 is 1.35 bits per heavy atom. The van der Waals surface area contributed by atoms with Crippen LogP contribution >= 0.6 is 0 Å². The Labute approximate surface area is 153 Å². The molecule has 142 valence electrons. The van der Waals surface area contributed by atoms with Crippen molar-refractivity contribution in [3.05, 3.63) is 42.0 Å². The zero-order chi connectivity index (χ0) is 18.9. The summed E-state index contributed by atoms with van der Waals surface area (Å²) in [6.45, 7) is 6.53. The lowest BCUT2D eigenvalue weighted by Gasteiger charge is -2.47. The van der Waals surface area contributed by atoms with Gasteiger partial charge in [0.05, 0.1) is 30.0 Å². The summed E-state index contributed by atoms with van der Waals surface area (Å²) in [6, 6.07) is 6.21. The Morgan fingerprint density at radius 3 is 2.77 bits per heavy atom. The summed E-state index contributed by atoms with van der Waals surface area (Å²) in [7, 11) is -3.40. The standard InChI is InChI=1S/C18H24N2O5S/c1-11(2)10-25-14-7-5-4-6-12(14)18(21)19-15-13-8-9-24-17(13)16(15)20-26(3,22)23/h4-7,13,15-17,20H,1,8-10H2,2-3H3,(H,19,21)/t13-,15+,16-,17-/m1/s1. The van der Waals surface area contributed by atoms with Crippen LogP contribution in [-0.2, 0) is 14.8 Å². The minimum atomic E-state index is -3.40. The van der Waals surface area contributed by atoms with Crippen LogP contribution in [0.2, 0.25) is 0 Å². The lowest BCUT2D eigenvalue weighted by atomic mass is 9.72. The summed E-state index contributed by atoms with van der Waals surface area (Å²) in [5.74, 6) is 0.291. The predicted octanol–water partition coefficient (Wildman–Crippen LogP) is 1.08. The molecule has 1 aliphatic heterocycles. The third-order valence-corrected chi connectivity index (χ3v) is 5.34. The van der Waals surface area contributed by atoms with Crippen molar-refractivity contribution in [3.63, 3.8) is 0 Å². The van der Waals surface area contributed by atoms with Crippen molar-refractivity contribution in [2.75, 3.05) is 19.5 Å². The second-order valence-electron chi connectivity index (χ2n) is 6.94. The minimum absolute atomic E-state index is 0.113. The van der Waals surface area contributed by atoms with Gasteiger partial charge in [0.15, 0.2) is 0 Å². The van der Waals surface area contributed by atoms with Crippen molar-refractivity contribution in [2.45, 2.75) is 31.5 Å². The minimum Gasteiger partial charge on any atom is -0.488 e. The largest absolute Gasteiger partial charge is 0.488 e. The van der Waals surface area contributed by atoms with E-state index >= 15 is 0 Å². The summed E-state index contributed by atoms with van der Waals surface area (Å²) >= 11 is 0. The zero-order valence-electron chi connectivity index (χ0n) is 14.9. The number of amides is 1. The van der Waals surface area contributed by atoms with Gasteiger partial charge < -0.3 is 14.8 Å². The third-order valence-electron chi connectivity index (χ3n) is 4.64. The molecular weight excluding hydrogens is 356 g/mol. The maximum Gasteiger partial charge on any atom is 0.255 e. The lowest BCUT2D eigenvalue weighted by molar-refractivity contribution is -0.0194. The van der Waals surface area contributed by atoms with Crippen molar-refractivity contribution in [2.24, 2.45) is 5.92 Å². The fraction of sp³-hybridized carbons (Fsp3) is 0.500. The SMILES string of the molecule is C=C(C)COc1ccccc1C(=O)N[C@H]1[C@H]2CCO[C@H]2[C@@H]1NS(C)(=O)=O. The highest BCUT2D eigenvalue weighted by atomic mass is 32.2. The van der Waals surface area contributed by atoms with Gasteiger partial charge >= 0.3 is 0 Å². The molecule has 1 amide bonds. The Morgan fingerprint density at radius 2 is 2.08 bits per heavy atom. The van der Waals surface area contributed by atoms with Crippen LogP contribution in [0.25, 0.3) is 0 Å². The number of rotatable bonds is 7. The van der Waals surface area contributed by atoms with E-state index in [1.807, 2.05) is 6.92 Å². The molecule has 4 atom stereocenters. The number of hydrogen-bond donors (Lipinski definition) is 2. The van der Waals surface area contributed by atoms with Gasteiger partial charge in [-0.25, -0.2) is 13.1 Å². The summed E-state index contributed by atoms with van der Waals surface area (Å²) in [6.07, 6.45) is 1.71. The Bertz CT molecular complexity index is 808. The van der Waals surface area contributed by atoms with Crippen LogP contribution in [0.4, 0.5) is 0 Å². The number of benzene rings is 1. The van der Waals surface area contributed by atoms with E-state index in [1.54, 1.807) is 24.3 Å². The molecule has 2 N–H and O–H groups in total. The second kappa shape index (κ2) is 7.38. The number of fused-ring (bicyclic) bond motifs is 1. The summed E-state index contributed by atoms with van der Waals surface area (Å²) in [5.41, 5.74) is 1.26. The van der Waals surface area contributed by atoms with E-state index in [9.17, 15) is 13.2 Å². The molecule has 1 aliphatic carbocycles. The topological polar surface area (TPSA) is 93.7 Å². The van der Waals surface area contributed by atoms with Crippen molar-refractivity contribution >= 4 is 15.9 Å². The molecular formula is C18H24N2O5S. The molecule has 0 unspecified atom stereocenters. The molecule has 1 aromatic rings. The van der Waals surface area contributed by atoms with Crippen LogP contribution in [-0.4, -0.2) is 52.0 Å². The first-order valence-electron chi connectivity index (χ1n) is 8.52. The molecule has 26 heavy (non-hydrogen) atoms. The van der Waals surface area contributed by atoms with E-state index in [-0.39, 0.29) is 24.0 Å². The molecule has 1 saturated heterocycles. The lowest BCUT2D eigenvalue weighted by Crippen LogP contribution is -2.70. The normalized spacial score (nSPS) is 27.3. The van der Waals surface area contributed by atoms with E-state index < -0.39 is 16.1 Å². The average molecular weight is 380 g/mol. The van der Waals surface area contributed by atoms with E-state index in [0.29, 0.717) is 24.5 Å². The quantitative estimate of drug-likeness (QED) is 0.691. The predicted molar refractivity (Wildman–Crippen MR) is 97.6 cm³/mol. The van der Waals surface area contributed by atoms with Crippen LogP contribution in [0.1, 0.15) is 23.7 Å². The van der Waals surface area contributed by atoms with Gasteiger partial charge in [0.1, 0.15) is 12.4 Å². The highest BCUT2D eigenvalue weighted by Gasteiger charge is 2.55. The molecule has 0 aromatic heterocycles. The average Bonchev–Trinajstić information content (AvgIpc) is 3.00. The second-order valence-corrected chi connectivity index (χ2v) is 8.72. The monoisotopic (exact) mass is 380 g/mol. The Balaban J connectivity index is 1.73. The number of ether oxygens (including phenoxy) is 2. The molecule has 3 rings (SSSR count). The van der Waals surface area contributed by atoms with E-state index in [4.69, 9.17) is 9.47 Å². The van der Waals surface area contributed by atoms with Crippen LogP contribution in [0.3, 0.4) is 0 Å². The van der Waals surface area contributed by atoms with Crippen LogP contribution in [0.5, 0.6) is 5.75 Å². The molecule has 8 heteroatoms. The smallest absolute Gasteiger partial charge is 0.255 e. The van der Waals surface area contributed by atoms with Crippen molar-refractivity contribution in [1.82, 2.24) is 10.0 Å². The molecule has 0 radical (unpaired) electrons. The van der Waals surface area contributed by atoms with Crippen LogP contribution in [0, 0.1) is 5.92 Å². The van der Waals surface area contributed by atoms with Crippen molar-refractivity contribution in [3.8, 4) is 5.75 Å². The molecule has 2 aliphatic rings. The highest BCUT2D eigenvalue weighted by molar-refractivity contribution is 7.88. The summed E-state index contributed by atoms with van der Waals surface area (Å²) in [4.78, 5) is 12.8. The fourth-order valence-corrected chi connectivity index (χ4v) is 4.28. The van der Waals surface area contributed by atoms with Gasteiger partial charge in [-0.05, 0) is 31.1 Å². The number of sulfonamides is 1. The number of nitrogens with one attached hydrogen (secondary N) is 2. The Kier molecular flexibility index (Phi) is 5.36. The molecule has 1 heterocycles. The van der Waals surface area contributed by atoms with Gasteiger partial charge in [-0.2, -0.15) is 0 Å². The van der Waals surface area contributed by atoms with Gasteiger partial charge in [0.2, 0.25) is 10.0 Å². The Hall–Kier alpha value is -1.90. The molecule has 2 fully saturated rings. The summed E-state index contributed by atoms with van der Waals surface area (Å²) in [5, 5.41) is 2.96. The third kappa shape index (κ3) is 4.08. The highest BCUT2D eigenvalue weighted by Crippen LogP contribution is 2.39. The first-order valence-corrected chi connectivity index (χ1v) is 10.4. The number of para-hydroxylation sites is 1.